The quantitative estimate of drug-likeness (QED) is 0.400. The molecule has 3 aliphatic rings. The second kappa shape index (κ2) is 9.52. The van der Waals surface area contributed by atoms with Crippen molar-refractivity contribution in [2.75, 3.05) is 50.8 Å². The molecule has 1 spiro atoms. The first-order valence-electron chi connectivity index (χ1n) is 14.8. The Labute approximate surface area is 240 Å². The van der Waals surface area contributed by atoms with Crippen molar-refractivity contribution in [3.8, 4) is 11.3 Å². The lowest BCUT2D eigenvalue weighted by molar-refractivity contribution is -0.191. The molecular weight excluding hydrogens is 516 g/mol. The highest BCUT2D eigenvalue weighted by atomic mass is 16.5. The molecule has 7 rings (SSSR count). The van der Waals surface area contributed by atoms with E-state index in [9.17, 15) is 4.79 Å². The Kier molecular flexibility index (Phi) is 6.13. The van der Waals surface area contributed by atoms with E-state index in [1.54, 1.807) is 6.33 Å². The van der Waals surface area contributed by atoms with Gasteiger partial charge in [0.05, 0.1) is 36.5 Å². The van der Waals surface area contributed by atoms with Gasteiger partial charge in [0.25, 0.3) is 0 Å². The van der Waals surface area contributed by atoms with Gasteiger partial charge in [-0.2, -0.15) is 5.10 Å². The molecule has 3 aliphatic heterocycles. The predicted octanol–water partition coefficient (Wildman–Crippen LogP) is 3.77. The minimum atomic E-state index is 0.116. The van der Waals surface area contributed by atoms with Crippen molar-refractivity contribution in [1.29, 1.82) is 0 Å². The van der Waals surface area contributed by atoms with Crippen molar-refractivity contribution >= 4 is 28.4 Å². The normalized spacial score (nSPS) is 22.6. The molecule has 0 radical (unpaired) electrons. The molecule has 1 unspecified atom stereocenters. The number of H-pyrrole nitrogens is 1. The summed E-state index contributed by atoms with van der Waals surface area (Å²) in [5, 5.41) is 4.41. The van der Waals surface area contributed by atoms with E-state index in [1.807, 2.05) is 4.52 Å². The maximum absolute atomic E-state index is 13.3. The highest BCUT2D eigenvalue weighted by Gasteiger charge is 2.49. The monoisotopic (exact) mass is 556 g/mol. The van der Waals surface area contributed by atoms with Crippen molar-refractivity contribution < 1.29 is 9.53 Å². The molecule has 7 heterocycles. The number of rotatable bonds is 5. The van der Waals surface area contributed by atoms with Crippen molar-refractivity contribution in [3.05, 3.63) is 41.3 Å². The lowest BCUT2D eigenvalue weighted by Crippen LogP contribution is -2.68. The van der Waals surface area contributed by atoms with Crippen LogP contribution in [0.4, 0.5) is 5.82 Å². The second-order valence-corrected chi connectivity index (χ2v) is 13.0. The zero-order valence-electron chi connectivity index (χ0n) is 24.9. The first-order valence-corrected chi connectivity index (χ1v) is 14.8. The molecule has 10 heteroatoms. The topological polar surface area (TPSA) is 94.9 Å². The number of fused-ring (bicyclic) bond motifs is 2. The largest absolute Gasteiger partial charge is 0.380 e. The van der Waals surface area contributed by atoms with E-state index < -0.39 is 0 Å². The van der Waals surface area contributed by atoms with Crippen molar-refractivity contribution in [1.82, 2.24) is 34.4 Å². The number of anilines is 1. The number of piperazine rings is 1. The highest BCUT2D eigenvalue weighted by molar-refractivity contribution is 5.90. The third-order valence-corrected chi connectivity index (χ3v) is 9.53. The Balaban J connectivity index is 1.16. The van der Waals surface area contributed by atoms with E-state index in [4.69, 9.17) is 9.72 Å². The summed E-state index contributed by atoms with van der Waals surface area (Å²) in [5.74, 6) is 1.46. The number of hydrogen-bond acceptors (Lipinski definition) is 7. The molecule has 3 fully saturated rings. The number of amides is 1. The first kappa shape index (κ1) is 26.4. The molecule has 1 N–H and O–H groups in total. The van der Waals surface area contributed by atoms with E-state index in [1.165, 1.54) is 11.1 Å². The number of aromatic amines is 1. The number of pyridine rings is 2. The molecule has 4 aromatic heterocycles. The Morgan fingerprint density at radius 3 is 2.61 bits per heavy atom. The number of hydrogen-bond donors (Lipinski definition) is 1. The fraction of sp³-hybridized carbons (Fsp3) is 0.548. The molecular formula is C31H40N8O2. The summed E-state index contributed by atoms with van der Waals surface area (Å²) < 4.78 is 7.25. The Morgan fingerprint density at radius 2 is 1.90 bits per heavy atom. The van der Waals surface area contributed by atoms with E-state index >= 15 is 0 Å². The van der Waals surface area contributed by atoms with Gasteiger partial charge >= 0.3 is 0 Å². The maximum Gasteiger partial charge on any atom is 0.237 e. The molecule has 4 aromatic rings. The van der Waals surface area contributed by atoms with Crippen molar-refractivity contribution in [2.45, 2.75) is 59.5 Å². The SMILES string of the molecule is Cc1c(-c2[nH]c3ccc(N4C[C@H](C)N(C(=O)CN5CC6(COC6)C5)CC4C)nc3c2C(C)C)cn2ncnc2c1C. The zero-order valence-corrected chi connectivity index (χ0v) is 24.9. The number of likely N-dealkylation sites (tertiary alicyclic amines) is 1. The minimum Gasteiger partial charge on any atom is -0.380 e. The zero-order chi connectivity index (χ0) is 28.6. The lowest BCUT2D eigenvalue weighted by Gasteiger charge is -2.55. The second-order valence-electron chi connectivity index (χ2n) is 13.0. The number of nitrogens with zero attached hydrogens (tertiary/aromatic N) is 7. The van der Waals surface area contributed by atoms with Crippen LogP contribution in [0.2, 0.25) is 0 Å². The number of nitrogens with one attached hydrogen (secondary N) is 1. The van der Waals surface area contributed by atoms with Crippen LogP contribution in [-0.2, 0) is 9.53 Å². The third kappa shape index (κ3) is 4.22. The summed E-state index contributed by atoms with van der Waals surface area (Å²) in [7, 11) is 0. The Hall–Kier alpha value is -3.50. The van der Waals surface area contributed by atoms with Gasteiger partial charge in [-0.3, -0.25) is 9.69 Å². The van der Waals surface area contributed by atoms with Crippen LogP contribution in [-0.4, -0.2) is 98.3 Å². The maximum atomic E-state index is 13.3. The van der Waals surface area contributed by atoms with Crippen LogP contribution in [0.15, 0.2) is 24.7 Å². The number of aromatic nitrogens is 5. The van der Waals surface area contributed by atoms with E-state index in [0.29, 0.717) is 18.5 Å². The summed E-state index contributed by atoms with van der Waals surface area (Å²) in [6, 6.07) is 4.56. The van der Waals surface area contributed by atoms with Crippen LogP contribution < -0.4 is 4.90 Å². The first-order chi connectivity index (χ1) is 19.6. The minimum absolute atomic E-state index is 0.116. The van der Waals surface area contributed by atoms with E-state index in [2.05, 4.69) is 89.6 Å². The van der Waals surface area contributed by atoms with Crippen LogP contribution in [0.1, 0.15) is 50.3 Å². The molecule has 0 aromatic carbocycles. The van der Waals surface area contributed by atoms with Gasteiger partial charge in [0, 0.05) is 61.0 Å². The molecule has 0 aliphatic carbocycles. The smallest absolute Gasteiger partial charge is 0.237 e. The molecule has 2 atom stereocenters. The summed E-state index contributed by atoms with van der Waals surface area (Å²) in [6.45, 7) is 18.7. The van der Waals surface area contributed by atoms with Crippen molar-refractivity contribution in [2.24, 2.45) is 5.41 Å². The molecule has 3 saturated heterocycles. The highest BCUT2D eigenvalue weighted by Crippen LogP contribution is 2.39. The fourth-order valence-corrected chi connectivity index (χ4v) is 7.13. The molecule has 0 bridgehead atoms. The van der Waals surface area contributed by atoms with Crippen LogP contribution in [0.5, 0.6) is 0 Å². The van der Waals surface area contributed by atoms with E-state index in [-0.39, 0.29) is 23.9 Å². The standard InChI is InChI=1S/C31H40N8O2/c1-18(2)27-28(23-11-39-30(32-17-33-39)22(6)21(23)5)34-24-7-8-25(35-29(24)27)37-9-20(4)38(10-19(37)3)26(40)12-36-13-31(14-36)15-41-16-31/h7-8,11,17-20,34H,9-10,12-16H2,1-6H3/t19?,20-/m0/s1. The molecule has 10 nitrogen and oxygen atoms in total. The van der Waals surface area contributed by atoms with Gasteiger partial charge in [0.2, 0.25) is 5.91 Å². The molecule has 0 saturated carbocycles. The number of ether oxygens (including phenoxy) is 1. The summed E-state index contributed by atoms with van der Waals surface area (Å²) in [5.41, 5.74) is 9.00. The number of aryl methyl sites for hydroxylation is 1. The van der Waals surface area contributed by atoms with Gasteiger partial charge in [-0.15, -0.1) is 0 Å². The molecule has 216 valence electrons. The Bertz CT molecular complexity index is 1640. The number of carbonyl (C=O) groups is 1. The number of carbonyl (C=O) groups excluding carboxylic acids is 1. The molecule has 41 heavy (non-hydrogen) atoms. The van der Waals surface area contributed by atoms with Gasteiger partial charge in [-0.1, -0.05) is 13.8 Å². The summed E-state index contributed by atoms with van der Waals surface area (Å²) in [6.07, 6.45) is 3.68. The average Bonchev–Trinajstić information content (AvgIpc) is 3.52. The van der Waals surface area contributed by atoms with Crippen LogP contribution in [0.3, 0.4) is 0 Å². The van der Waals surface area contributed by atoms with Crippen LogP contribution >= 0.6 is 0 Å². The summed E-state index contributed by atoms with van der Waals surface area (Å²) in [4.78, 5) is 33.4. The Morgan fingerprint density at radius 1 is 1.12 bits per heavy atom. The lowest BCUT2D eigenvalue weighted by atomic mass is 9.78. The summed E-state index contributed by atoms with van der Waals surface area (Å²) >= 11 is 0. The van der Waals surface area contributed by atoms with Crippen LogP contribution in [0, 0.1) is 19.3 Å². The molecule has 1 amide bonds. The van der Waals surface area contributed by atoms with Gasteiger partial charge in [0.15, 0.2) is 5.65 Å². The van der Waals surface area contributed by atoms with Gasteiger partial charge in [0.1, 0.15) is 12.1 Å². The van der Waals surface area contributed by atoms with Gasteiger partial charge in [-0.05, 0) is 56.9 Å². The average molecular weight is 557 g/mol. The van der Waals surface area contributed by atoms with Gasteiger partial charge < -0.3 is 19.5 Å². The third-order valence-electron chi connectivity index (χ3n) is 9.53. The predicted molar refractivity (Wildman–Crippen MR) is 159 cm³/mol. The van der Waals surface area contributed by atoms with Crippen LogP contribution in [0.25, 0.3) is 27.9 Å². The van der Waals surface area contributed by atoms with Gasteiger partial charge in [-0.25, -0.2) is 14.5 Å². The fourth-order valence-electron chi connectivity index (χ4n) is 7.13. The van der Waals surface area contributed by atoms with E-state index in [0.717, 1.165) is 72.2 Å². The van der Waals surface area contributed by atoms with Crippen molar-refractivity contribution in [3.63, 3.8) is 0 Å².